The van der Waals surface area contributed by atoms with Crippen LogP contribution in [0.2, 0.25) is 0 Å². The van der Waals surface area contributed by atoms with Crippen LogP contribution in [0.5, 0.6) is 0 Å². The van der Waals surface area contributed by atoms with Gasteiger partial charge in [-0.3, -0.25) is 9.59 Å². The monoisotopic (exact) mass is 319 g/mol. The third-order valence-electron chi connectivity index (χ3n) is 7.45. The standard InChI is InChI=1S/C19H29NO3/c21-17(15-6-5-13-3-1-2-4-14(13)11-15)20-9-7-19(8-10-20)12-16(19)18(22)23/h13-16H,1-12H2,(H,22,23). The van der Waals surface area contributed by atoms with Gasteiger partial charge in [0.15, 0.2) is 0 Å². The van der Waals surface area contributed by atoms with Crippen LogP contribution < -0.4 is 0 Å². The number of rotatable bonds is 2. The minimum atomic E-state index is -0.639. The van der Waals surface area contributed by atoms with E-state index in [0.29, 0.717) is 5.91 Å². The van der Waals surface area contributed by atoms with Crippen LogP contribution in [0, 0.1) is 29.1 Å². The van der Waals surface area contributed by atoms with Crippen LogP contribution in [0.4, 0.5) is 0 Å². The zero-order valence-electron chi connectivity index (χ0n) is 14.0. The summed E-state index contributed by atoms with van der Waals surface area (Å²) < 4.78 is 0. The minimum absolute atomic E-state index is 0.0314. The van der Waals surface area contributed by atoms with E-state index in [-0.39, 0.29) is 17.3 Å². The number of carboxylic acids is 1. The Kier molecular flexibility index (Phi) is 3.89. The number of fused-ring (bicyclic) bond motifs is 1. The molecule has 4 fully saturated rings. The zero-order chi connectivity index (χ0) is 16.0. The summed E-state index contributed by atoms with van der Waals surface area (Å²) >= 11 is 0. The molecule has 4 nitrogen and oxygen atoms in total. The maximum atomic E-state index is 12.9. The van der Waals surface area contributed by atoms with Crippen LogP contribution in [0.3, 0.4) is 0 Å². The molecule has 0 aromatic rings. The maximum absolute atomic E-state index is 12.9. The number of piperidine rings is 1. The lowest BCUT2D eigenvalue weighted by molar-refractivity contribution is -0.141. The highest BCUT2D eigenvalue weighted by atomic mass is 16.4. The number of carbonyl (C=O) groups is 2. The Morgan fingerprint density at radius 1 is 0.957 bits per heavy atom. The second kappa shape index (κ2) is 5.78. The number of aliphatic carboxylic acids is 1. The van der Waals surface area contributed by atoms with E-state index in [1.807, 2.05) is 0 Å². The van der Waals surface area contributed by atoms with E-state index in [9.17, 15) is 14.7 Å². The van der Waals surface area contributed by atoms with Crippen molar-refractivity contribution in [3.8, 4) is 0 Å². The van der Waals surface area contributed by atoms with E-state index in [2.05, 4.69) is 4.90 Å². The van der Waals surface area contributed by atoms with E-state index < -0.39 is 5.97 Å². The van der Waals surface area contributed by atoms with Crippen molar-refractivity contribution in [2.75, 3.05) is 13.1 Å². The molecule has 23 heavy (non-hydrogen) atoms. The second-order valence-electron chi connectivity index (χ2n) is 8.60. The molecule has 0 radical (unpaired) electrons. The third kappa shape index (κ3) is 2.78. The fourth-order valence-corrected chi connectivity index (χ4v) is 5.78. The maximum Gasteiger partial charge on any atom is 0.307 e. The van der Waals surface area contributed by atoms with E-state index in [1.54, 1.807) is 0 Å². The molecule has 1 spiro atoms. The number of carbonyl (C=O) groups excluding carboxylic acids is 1. The topological polar surface area (TPSA) is 57.6 Å². The summed E-state index contributed by atoms with van der Waals surface area (Å²) in [4.78, 5) is 26.1. The Hall–Kier alpha value is -1.06. The van der Waals surface area contributed by atoms with E-state index in [1.165, 1.54) is 32.1 Å². The second-order valence-corrected chi connectivity index (χ2v) is 8.60. The molecule has 3 saturated carbocycles. The molecule has 3 aliphatic carbocycles. The first-order valence-corrected chi connectivity index (χ1v) is 9.61. The number of hydrogen-bond donors (Lipinski definition) is 1. The summed E-state index contributed by atoms with van der Waals surface area (Å²) in [6.45, 7) is 1.57. The molecule has 1 N–H and O–H groups in total. The number of amides is 1. The molecule has 4 heteroatoms. The smallest absolute Gasteiger partial charge is 0.307 e. The molecule has 128 valence electrons. The number of likely N-dealkylation sites (tertiary alicyclic amines) is 1. The van der Waals surface area contributed by atoms with E-state index in [4.69, 9.17) is 0 Å². The Morgan fingerprint density at radius 3 is 2.30 bits per heavy atom. The van der Waals surface area contributed by atoms with Crippen molar-refractivity contribution < 1.29 is 14.7 Å². The van der Waals surface area contributed by atoms with Crippen molar-refractivity contribution >= 4 is 11.9 Å². The number of hydrogen-bond acceptors (Lipinski definition) is 2. The predicted molar refractivity (Wildman–Crippen MR) is 86.8 cm³/mol. The summed E-state index contributed by atoms with van der Waals surface area (Å²) in [5.41, 5.74) is 0.0314. The van der Waals surface area contributed by atoms with Gasteiger partial charge in [-0.2, -0.15) is 0 Å². The van der Waals surface area contributed by atoms with Gasteiger partial charge in [-0.1, -0.05) is 25.7 Å². The van der Waals surface area contributed by atoms with Crippen molar-refractivity contribution in [3.05, 3.63) is 0 Å². The van der Waals surface area contributed by atoms with E-state index in [0.717, 1.165) is 57.0 Å². The Bertz CT molecular complexity index is 495. The fraction of sp³-hybridized carbons (Fsp3) is 0.895. The molecular formula is C19H29NO3. The molecule has 0 aromatic heterocycles. The number of carboxylic acid groups (broad SMARTS) is 1. The van der Waals surface area contributed by atoms with Gasteiger partial charge in [0, 0.05) is 19.0 Å². The van der Waals surface area contributed by atoms with Crippen LogP contribution in [-0.4, -0.2) is 35.0 Å². The molecule has 4 unspecified atom stereocenters. The number of nitrogens with zero attached hydrogens (tertiary/aromatic N) is 1. The molecule has 0 bridgehead atoms. The van der Waals surface area contributed by atoms with Crippen molar-refractivity contribution in [1.29, 1.82) is 0 Å². The highest BCUT2D eigenvalue weighted by molar-refractivity contribution is 5.79. The van der Waals surface area contributed by atoms with Crippen LogP contribution in [0.25, 0.3) is 0 Å². The largest absolute Gasteiger partial charge is 0.481 e. The SMILES string of the molecule is O=C(O)C1CC12CCN(C(=O)C1CCC3CCCCC3C1)CC2. The van der Waals surface area contributed by atoms with Crippen molar-refractivity contribution in [1.82, 2.24) is 4.90 Å². The van der Waals surface area contributed by atoms with Crippen LogP contribution in [-0.2, 0) is 9.59 Å². The van der Waals surface area contributed by atoms with Crippen LogP contribution >= 0.6 is 0 Å². The van der Waals surface area contributed by atoms with E-state index >= 15 is 0 Å². The summed E-state index contributed by atoms with van der Waals surface area (Å²) in [7, 11) is 0. The average Bonchev–Trinajstić information content (AvgIpc) is 3.28. The molecule has 4 rings (SSSR count). The fourth-order valence-electron chi connectivity index (χ4n) is 5.78. The highest BCUT2D eigenvalue weighted by Gasteiger charge is 2.59. The van der Waals surface area contributed by atoms with Gasteiger partial charge in [0.2, 0.25) is 5.91 Å². The van der Waals surface area contributed by atoms with Gasteiger partial charge < -0.3 is 10.0 Å². The first-order chi connectivity index (χ1) is 11.1. The normalized spacial score (nSPS) is 38.9. The lowest BCUT2D eigenvalue weighted by Crippen LogP contribution is -2.44. The lowest BCUT2D eigenvalue weighted by atomic mass is 9.67. The lowest BCUT2D eigenvalue weighted by Gasteiger charge is -2.41. The third-order valence-corrected chi connectivity index (χ3v) is 7.45. The summed E-state index contributed by atoms with van der Waals surface area (Å²) in [5, 5.41) is 9.18. The molecule has 4 aliphatic rings. The van der Waals surface area contributed by atoms with Gasteiger partial charge in [-0.05, 0) is 55.8 Å². The van der Waals surface area contributed by atoms with Gasteiger partial charge in [-0.25, -0.2) is 0 Å². The molecule has 1 saturated heterocycles. The van der Waals surface area contributed by atoms with Gasteiger partial charge >= 0.3 is 5.97 Å². The van der Waals surface area contributed by atoms with Crippen molar-refractivity contribution in [2.45, 2.75) is 64.2 Å². The summed E-state index contributed by atoms with van der Waals surface area (Å²) in [6, 6.07) is 0. The zero-order valence-corrected chi connectivity index (χ0v) is 14.0. The Labute approximate surface area is 138 Å². The summed E-state index contributed by atoms with van der Waals surface area (Å²) in [5.74, 6) is 1.52. The molecule has 1 heterocycles. The molecule has 4 atom stereocenters. The quantitative estimate of drug-likeness (QED) is 0.849. The first kappa shape index (κ1) is 15.5. The van der Waals surface area contributed by atoms with Gasteiger partial charge in [0.25, 0.3) is 0 Å². The minimum Gasteiger partial charge on any atom is -0.481 e. The summed E-state index contributed by atoms with van der Waals surface area (Å²) in [6.07, 6.45) is 11.5. The Balaban J connectivity index is 1.31. The van der Waals surface area contributed by atoms with Crippen LogP contribution in [0.15, 0.2) is 0 Å². The van der Waals surface area contributed by atoms with Crippen molar-refractivity contribution in [3.63, 3.8) is 0 Å². The van der Waals surface area contributed by atoms with Gasteiger partial charge in [0.05, 0.1) is 5.92 Å². The average molecular weight is 319 g/mol. The van der Waals surface area contributed by atoms with Crippen LogP contribution in [0.1, 0.15) is 64.2 Å². The molecular weight excluding hydrogens is 290 g/mol. The van der Waals surface area contributed by atoms with Crippen molar-refractivity contribution in [2.24, 2.45) is 29.1 Å². The Morgan fingerprint density at radius 2 is 1.65 bits per heavy atom. The molecule has 0 aromatic carbocycles. The predicted octanol–water partition coefficient (Wildman–Crippen LogP) is 3.31. The molecule has 1 aliphatic heterocycles. The van der Waals surface area contributed by atoms with Gasteiger partial charge in [-0.15, -0.1) is 0 Å². The molecule has 1 amide bonds. The van der Waals surface area contributed by atoms with Gasteiger partial charge in [0.1, 0.15) is 0 Å². The first-order valence-electron chi connectivity index (χ1n) is 9.61. The highest BCUT2D eigenvalue weighted by Crippen LogP contribution is 2.59.